The molecule has 0 radical (unpaired) electrons. The monoisotopic (exact) mass is 293 g/mol. The Hall–Kier alpha value is -1.58. The Morgan fingerprint density at radius 3 is 2.74 bits per heavy atom. The minimum absolute atomic E-state index is 0. The Labute approximate surface area is 122 Å². The lowest BCUT2D eigenvalue weighted by atomic mass is 10.1. The van der Waals surface area contributed by atoms with Crippen molar-refractivity contribution in [1.82, 2.24) is 14.5 Å². The van der Waals surface area contributed by atoms with Gasteiger partial charge in [0.15, 0.2) is 0 Å². The smallest absolute Gasteiger partial charge is 0.129 e. The molecule has 0 aliphatic carbocycles. The van der Waals surface area contributed by atoms with Gasteiger partial charge in [0.05, 0.1) is 17.4 Å². The molecule has 0 spiro atoms. The van der Waals surface area contributed by atoms with E-state index in [-0.39, 0.29) is 12.4 Å². The molecule has 3 rings (SSSR count). The summed E-state index contributed by atoms with van der Waals surface area (Å²) in [6.07, 6.45) is 5.78. The van der Waals surface area contributed by atoms with Crippen molar-refractivity contribution in [3.8, 4) is 11.3 Å². The predicted octanol–water partition coefficient (Wildman–Crippen LogP) is 4.02. The van der Waals surface area contributed by atoms with Gasteiger partial charge in [-0.25, -0.2) is 9.97 Å². The van der Waals surface area contributed by atoms with E-state index in [0.717, 1.165) is 27.7 Å². The third-order valence-electron chi connectivity index (χ3n) is 3.00. The van der Waals surface area contributed by atoms with E-state index in [1.807, 2.05) is 23.9 Å². The third-order valence-corrected chi connectivity index (χ3v) is 3.20. The van der Waals surface area contributed by atoms with E-state index in [0.29, 0.717) is 5.15 Å². The quantitative estimate of drug-likeness (QED) is 0.635. The van der Waals surface area contributed by atoms with Crippen LogP contribution in [0.1, 0.15) is 5.56 Å². The molecule has 0 aliphatic rings. The van der Waals surface area contributed by atoms with Crippen LogP contribution in [-0.4, -0.2) is 14.5 Å². The van der Waals surface area contributed by atoms with Crippen LogP contribution in [0.4, 0.5) is 0 Å². The van der Waals surface area contributed by atoms with Crippen molar-refractivity contribution in [3.05, 3.63) is 47.5 Å². The summed E-state index contributed by atoms with van der Waals surface area (Å²) >= 11 is 5.91. The van der Waals surface area contributed by atoms with E-state index >= 15 is 0 Å². The first-order valence-corrected chi connectivity index (χ1v) is 6.06. The molecule has 3 aromatic rings. The molecule has 3 nitrogen and oxygen atoms in total. The maximum Gasteiger partial charge on any atom is 0.129 e. The standard InChI is InChI=1S/C14H12ClN3.ClH/c1-9-5-12(10-3-4-18(2)8-10)17-13-7-16-14(15)6-11(9)13;/h3-8H,1-2H3;1H. The van der Waals surface area contributed by atoms with Crippen LogP contribution in [0.25, 0.3) is 22.2 Å². The predicted molar refractivity (Wildman–Crippen MR) is 80.9 cm³/mol. The molecule has 0 atom stereocenters. The van der Waals surface area contributed by atoms with Crippen molar-refractivity contribution in [1.29, 1.82) is 0 Å². The zero-order valence-electron chi connectivity index (χ0n) is 10.6. The number of nitrogens with zero attached hydrogens (tertiary/aromatic N) is 3. The number of rotatable bonds is 1. The maximum atomic E-state index is 5.91. The van der Waals surface area contributed by atoms with E-state index in [4.69, 9.17) is 11.6 Å². The summed E-state index contributed by atoms with van der Waals surface area (Å²) in [5, 5.41) is 1.55. The molecular weight excluding hydrogens is 281 g/mol. The molecule has 5 heteroatoms. The van der Waals surface area contributed by atoms with Crippen molar-refractivity contribution in [2.24, 2.45) is 7.05 Å². The summed E-state index contributed by atoms with van der Waals surface area (Å²) in [7, 11) is 2.00. The normalized spacial score (nSPS) is 10.5. The van der Waals surface area contributed by atoms with Crippen LogP contribution in [0.5, 0.6) is 0 Å². The second-order valence-electron chi connectivity index (χ2n) is 4.41. The van der Waals surface area contributed by atoms with Gasteiger partial charge >= 0.3 is 0 Å². The van der Waals surface area contributed by atoms with Crippen LogP contribution < -0.4 is 0 Å². The Morgan fingerprint density at radius 1 is 1.26 bits per heavy atom. The van der Waals surface area contributed by atoms with Gasteiger partial charge < -0.3 is 4.57 Å². The highest BCUT2D eigenvalue weighted by molar-refractivity contribution is 6.30. The van der Waals surface area contributed by atoms with E-state index in [1.165, 1.54) is 0 Å². The Morgan fingerprint density at radius 2 is 2.05 bits per heavy atom. The van der Waals surface area contributed by atoms with Gasteiger partial charge in [-0.15, -0.1) is 12.4 Å². The number of halogens is 2. The van der Waals surface area contributed by atoms with Crippen LogP contribution in [0.15, 0.2) is 36.8 Å². The first-order chi connectivity index (χ1) is 8.63. The van der Waals surface area contributed by atoms with Gasteiger partial charge in [0.25, 0.3) is 0 Å². The SMILES string of the molecule is Cc1cc(-c2ccn(C)c2)nc2cnc(Cl)cc12.Cl. The Kier molecular flexibility index (Phi) is 3.78. The topological polar surface area (TPSA) is 30.7 Å². The number of fused-ring (bicyclic) bond motifs is 1. The van der Waals surface area contributed by atoms with Gasteiger partial charge in [0.2, 0.25) is 0 Å². The minimum Gasteiger partial charge on any atom is -0.357 e. The van der Waals surface area contributed by atoms with Crippen molar-refractivity contribution >= 4 is 34.9 Å². The van der Waals surface area contributed by atoms with Crippen molar-refractivity contribution in [3.63, 3.8) is 0 Å². The molecule has 0 saturated carbocycles. The van der Waals surface area contributed by atoms with Gasteiger partial charge in [0, 0.05) is 30.4 Å². The first-order valence-electron chi connectivity index (χ1n) is 5.69. The van der Waals surface area contributed by atoms with Gasteiger partial charge in [-0.05, 0) is 30.7 Å². The van der Waals surface area contributed by atoms with E-state index in [9.17, 15) is 0 Å². The molecule has 0 N–H and O–H groups in total. The number of hydrogen-bond donors (Lipinski definition) is 0. The fraction of sp³-hybridized carbons (Fsp3) is 0.143. The highest BCUT2D eigenvalue weighted by atomic mass is 35.5. The highest BCUT2D eigenvalue weighted by Gasteiger charge is 2.06. The lowest BCUT2D eigenvalue weighted by Crippen LogP contribution is -1.89. The molecular formula is C14H13Cl2N3. The molecule has 0 unspecified atom stereocenters. The number of hydrogen-bond acceptors (Lipinski definition) is 2. The molecule has 3 aromatic heterocycles. The molecule has 0 saturated heterocycles. The molecule has 0 amide bonds. The van der Waals surface area contributed by atoms with Gasteiger partial charge in [-0.2, -0.15) is 0 Å². The average molecular weight is 294 g/mol. The minimum atomic E-state index is 0. The fourth-order valence-corrected chi connectivity index (χ4v) is 2.23. The zero-order chi connectivity index (χ0) is 12.7. The summed E-state index contributed by atoms with van der Waals surface area (Å²) in [5.41, 5.74) is 4.10. The number of pyridine rings is 2. The van der Waals surface area contributed by atoms with E-state index in [1.54, 1.807) is 6.20 Å². The van der Waals surface area contributed by atoms with Crippen LogP contribution in [-0.2, 0) is 7.05 Å². The molecule has 3 heterocycles. The lowest BCUT2D eigenvalue weighted by Gasteiger charge is -2.05. The second-order valence-corrected chi connectivity index (χ2v) is 4.80. The lowest BCUT2D eigenvalue weighted by molar-refractivity contribution is 0.928. The van der Waals surface area contributed by atoms with Crippen LogP contribution >= 0.6 is 24.0 Å². The summed E-state index contributed by atoms with van der Waals surface area (Å²) in [5.74, 6) is 0. The first kappa shape index (κ1) is 13.8. The second kappa shape index (κ2) is 5.19. The molecule has 0 aliphatic heterocycles. The van der Waals surface area contributed by atoms with Crippen LogP contribution in [0, 0.1) is 6.92 Å². The van der Waals surface area contributed by atoms with Gasteiger partial charge in [-0.1, -0.05) is 11.6 Å². The van der Waals surface area contributed by atoms with Crippen molar-refractivity contribution in [2.45, 2.75) is 6.92 Å². The number of aromatic nitrogens is 3. The van der Waals surface area contributed by atoms with Crippen molar-refractivity contribution in [2.75, 3.05) is 0 Å². The zero-order valence-corrected chi connectivity index (χ0v) is 12.2. The molecule has 0 fully saturated rings. The van der Waals surface area contributed by atoms with Crippen molar-refractivity contribution < 1.29 is 0 Å². The summed E-state index contributed by atoms with van der Waals surface area (Å²) in [6.45, 7) is 2.06. The molecule has 0 bridgehead atoms. The average Bonchev–Trinajstić information content (AvgIpc) is 2.77. The summed E-state index contributed by atoms with van der Waals surface area (Å²) in [6, 6.07) is 5.99. The highest BCUT2D eigenvalue weighted by Crippen LogP contribution is 2.25. The fourth-order valence-electron chi connectivity index (χ4n) is 2.08. The van der Waals surface area contributed by atoms with Gasteiger partial charge in [-0.3, -0.25) is 0 Å². The summed E-state index contributed by atoms with van der Waals surface area (Å²) < 4.78 is 2.01. The Balaban J connectivity index is 0.00000133. The van der Waals surface area contributed by atoms with Crippen LogP contribution in [0.3, 0.4) is 0 Å². The molecule has 0 aromatic carbocycles. The summed E-state index contributed by atoms with van der Waals surface area (Å²) in [4.78, 5) is 8.71. The third kappa shape index (κ3) is 2.57. The van der Waals surface area contributed by atoms with E-state index < -0.39 is 0 Å². The molecule has 19 heavy (non-hydrogen) atoms. The maximum absolute atomic E-state index is 5.91. The van der Waals surface area contributed by atoms with Crippen LogP contribution in [0.2, 0.25) is 5.15 Å². The van der Waals surface area contributed by atoms with Gasteiger partial charge in [0.1, 0.15) is 5.15 Å². The number of aryl methyl sites for hydroxylation is 2. The largest absolute Gasteiger partial charge is 0.357 e. The molecule has 98 valence electrons. The Bertz CT molecular complexity index is 735. The van der Waals surface area contributed by atoms with E-state index in [2.05, 4.69) is 35.2 Å².